The highest BCUT2D eigenvalue weighted by atomic mass is 32.2. The second-order valence-corrected chi connectivity index (χ2v) is 4.94. The van der Waals surface area contributed by atoms with Gasteiger partial charge in [0.05, 0.1) is 0 Å². The highest BCUT2D eigenvalue weighted by Gasteiger charge is 2.24. The molecule has 3 heteroatoms. The average molecular weight is 188 g/mol. The van der Waals surface area contributed by atoms with Crippen LogP contribution in [0.15, 0.2) is 0 Å². The second-order valence-electron chi connectivity index (χ2n) is 3.79. The molecule has 0 bridgehead atoms. The van der Waals surface area contributed by atoms with E-state index in [2.05, 4.69) is 30.9 Å². The molecule has 3 N–H and O–H groups in total. The molecule has 2 nitrogen and oxygen atoms in total. The van der Waals surface area contributed by atoms with Crippen molar-refractivity contribution in [3.8, 4) is 0 Å². The third-order valence-electron chi connectivity index (χ3n) is 2.34. The van der Waals surface area contributed by atoms with Gasteiger partial charge in [0.15, 0.2) is 0 Å². The largest absolute Gasteiger partial charge is 0.329 e. The summed E-state index contributed by atoms with van der Waals surface area (Å²) in [5.74, 6) is 3.42. The third kappa shape index (κ3) is 2.96. The van der Waals surface area contributed by atoms with E-state index in [1.807, 2.05) is 0 Å². The van der Waals surface area contributed by atoms with E-state index in [1.165, 1.54) is 17.9 Å². The Morgan fingerprint density at radius 1 is 1.58 bits per heavy atom. The number of rotatable bonds is 4. The van der Waals surface area contributed by atoms with Gasteiger partial charge in [-0.05, 0) is 23.8 Å². The molecule has 2 atom stereocenters. The summed E-state index contributed by atoms with van der Waals surface area (Å²) in [6.07, 6.45) is 1.34. The minimum Gasteiger partial charge on any atom is -0.329 e. The Hall–Kier alpha value is 0.270. The Bertz CT molecular complexity index is 122. The Balaban J connectivity index is 2.32. The van der Waals surface area contributed by atoms with Gasteiger partial charge in [0.25, 0.3) is 0 Å². The van der Waals surface area contributed by atoms with E-state index in [9.17, 15) is 0 Å². The first kappa shape index (κ1) is 10.4. The van der Waals surface area contributed by atoms with E-state index in [1.54, 1.807) is 0 Å². The molecule has 0 aromatic carbocycles. The van der Waals surface area contributed by atoms with Crippen LogP contribution >= 0.6 is 11.8 Å². The van der Waals surface area contributed by atoms with Crippen molar-refractivity contribution in [2.75, 3.05) is 18.1 Å². The average Bonchev–Trinajstić information content (AvgIpc) is 2.51. The van der Waals surface area contributed by atoms with Crippen LogP contribution in [-0.2, 0) is 0 Å². The summed E-state index contributed by atoms with van der Waals surface area (Å²) in [6.45, 7) is 5.15. The van der Waals surface area contributed by atoms with E-state index in [-0.39, 0.29) is 0 Å². The highest BCUT2D eigenvalue weighted by Crippen LogP contribution is 2.25. The van der Waals surface area contributed by atoms with Crippen LogP contribution in [0, 0.1) is 5.92 Å². The van der Waals surface area contributed by atoms with Crippen molar-refractivity contribution in [2.24, 2.45) is 11.7 Å². The van der Waals surface area contributed by atoms with Gasteiger partial charge in [-0.25, -0.2) is 0 Å². The molecule has 2 unspecified atom stereocenters. The second kappa shape index (κ2) is 5.10. The lowest BCUT2D eigenvalue weighted by molar-refractivity contribution is 0.363. The van der Waals surface area contributed by atoms with Gasteiger partial charge in [-0.2, -0.15) is 11.8 Å². The maximum Gasteiger partial charge on any atom is 0.0229 e. The fraction of sp³-hybridized carbons (Fsp3) is 1.00. The molecule has 0 amide bonds. The molecule has 12 heavy (non-hydrogen) atoms. The van der Waals surface area contributed by atoms with Crippen molar-refractivity contribution in [3.05, 3.63) is 0 Å². The summed E-state index contributed by atoms with van der Waals surface area (Å²) < 4.78 is 0. The van der Waals surface area contributed by atoms with Crippen molar-refractivity contribution in [1.29, 1.82) is 0 Å². The van der Waals surface area contributed by atoms with Crippen molar-refractivity contribution >= 4 is 11.8 Å². The molecule has 0 aromatic rings. The summed E-state index contributed by atoms with van der Waals surface area (Å²) in [5.41, 5.74) is 5.73. The van der Waals surface area contributed by atoms with Crippen LogP contribution in [0.2, 0.25) is 0 Å². The molecule has 0 aliphatic carbocycles. The number of nitrogens with two attached hydrogens (primary N) is 1. The lowest BCUT2D eigenvalue weighted by Gasteiger charge is -2.24. The number of nitrogens with one attached hydrogen (secondary N) is 1. The molecular weight excluding hydrogens is 168 g/mol. The van der Waals surface area contributed by atoms with Gasteiger partial charge < -0.3 is 11.1 Å². The van der Waals surface area contributed by atoms with Gasteiger partial charge >= 0.3 is 0 Å². The predicted octanol–water partition coefficient (Wildman–Crippen LogP) is 1.06. The van der Waals surface area contributed by atoms with Crippen LogP contribution in [0.5, 0.6) is 0 Å². The summed E-state index contributed by atoms with van der Waals surface area (Å²) in [5, 5.41) is 3.53. The quantitative estimate of drug-likeness (QED) is 0.693. The summed E-state index contributed by atoms with van der Waals surface area (Å²) in [7, 11) is 0. The zero-order chi connectivity index (χ0) is 8.97. The number of thioether (sulfide) groups is 1. The molecule has 72 valence electrons. The zero-order valence-corrected chi connectivity index (χ0v) is 8.86. The minimum absolute atomic E-state index is 0.542. The summed E-state index contributed by atoms with van der Waals surface area (Å²) in [6, 6.07) is 1.10. The Labute approximate surface area is 79.7 Å². The number of hydrogen-bond donors (Lipinski definition) is 2. The Morgan fingerprint density at radius 2 is 2.33 bits per heavy atom. The van der Waals surface area contributed by atoms with Gasteiger partial charge in [0.2, 0.25) is 0 Å². The first-order valence-corrected chi connectivity index (χ1v) is 5.93. The van der Waals surface area contributed by atoms with Gasteiger partial charge in [-0.3, -0.25) is 0 Å². The van der Waals surface area contributed by atoms with Gasteiger partial charge in [-0.15, -0.1) is 0 Å². The number of hydrogen-bond acceptors (Lipinski definition) is 3. The molecule has 0 aromatic heterocycles. The Kier molecular flexibility index (Phi) is 4.40. The molecule has 1 fully saturated rings. The van der Waals surface area contributed by atoms with Crippen LogP contribution in [0.1, 0.15) is 20.3 Å². The molecule has 0 radical (unpaired) electrons. The maximum atomic E-state index is 5.73. The molecule has 0 spiro atoms. The fourth-order valence-electron chi connectivity index (χ4n) is 1.69. The van der Waals surface area contributed by atoms with Gasteiger partial charge in [-0.1, -0.05) is 13.8 Å². The summed E-state index contributed by atoms with van der Waals surface area (Å²) >= 11 is 2.06. The van der Waals surface area contributed by atoms with E-state index in [0.717, 1.165) is 12.5 Å². The van der Waals surface area contributed by atoms with E-state index in [4.69, 9.17) is 5.73 Å². The first-order chi connectivity index (χ1) is 5.74. The van der Waals surface area contributed by atoms with Crippen LogP contribution < -0.4 is 11.1 Å². The highest BCUT2D eigenvalue weighted by molar-refractivity contribution is 7.99. The zero-order valence-electron chi connectivity index (χ0n) is 8.05. The fourth-order valence-corrected chi connectivity index (χ4v) is 3.03. The normalized spacial score (nSPS) is 26.5. The van der Waals surface area contributed by atoms with Crippen molar-refractivity contribution < 1.29 is 0 Å². The molecular formula is C9H20N2S. The minimum atomic E-state index is 0.542. The van der Waals surface area contributed by atoms with Gasteiger partial charge in [0, 0.05) is 18.6 Å². The lowest BCUT2D eigenvalue weighted by atomic mass is 9.99. The topological polar surface area (TPSA) is 38.0 Å². The van der Waals surface area contributed by atoms with Crippen molar-refractivity contribution in [1.82, 2.24) is 5.32 Å². The monoisotopic (exact) mass is 188 g/mol. The lowest BCUT2D eigenvalue weighted by Crippen LogP contribution is -2.45. The smallest absolute Gasteiger partial charge is 0.0229 e. The van der Waals surface area contributed by atoms with Crippen LogP contribution in [0.25, 0.3) is 0 Å². The molecule has 1 heterocycles. The van der Waals surface area contributed by atoms with Crippen molar-refractivity contribution in [2.45, 2.75) is 32.4 Å². The Morgan fingerprint density at radius 3 is 2.75 bits per heavy atom. The standard InChI is InChI=1S/C9H20N2S/c1-7(2)11-9(5-10)8-3-4-12-6-8/h7-9,11H,3-6,10H2,1-2H3. The third-order valence-corrected chi connectivity index (χ3v) is 3.52. The van der Waals surface area contributed by atoms with Crippen LogP contribution in [0.4, 0.5) is 0 Å². The predicted molar refractivity (Wildman–Crippen MR) is 56.5 cm³/mol. The summed E-state index contributed by atoms with van der Waals surface area (Å²) in [4.78, 5) is 0. The molecule has 1 saturated heterocycles. The van der Waals surface area contributed by atoms with Crippen molar-refractivity contribution in [3.63, 3.8) is 0 Å². The SMILES string of the molecule is CC(C)NC(CN)C1CCSC1. The van der Waals surface area contributed by atoms with E-state index in [0.29, 0.717) is 12.1 Å². The molecule has 1 aliphatic rings. The molecule has 0 saturated carbocycles. The van der Waals surface area contributed by atoms with Crippen LogP contribution in [0.3, 0.4) is 0 Å². The van der Waals surface area contributed by atoms with Gasteiger partial charge in [0.1, 0.15) is 0 Å². The maximum absolute atomic E-state index is 5.73. The van der Waals surface area contributed by atoms with E-state index < -0.39 is 0 Å². The molecule has 1 aliphatic heterocycles. The van der Waals surface area contributed by atoms with E-state index >= 15 is 0 Å². The first-order valence-electron chi connectivity index (χ1n) is 4.78. The van der Waals surface area contributed by atoms with Crippen LogP contribution in [-0.4, -0.2) is 30.1 Å². The molecule has 1 rings (SSSR count).